The van der Waals surface area contributed by atoms with E-state index in [0.29, 0.717) is 37.7 Å². The van der Waals surface area contributed by atoms with E-state index in [9.17, 15) is 4.79 Å². The molecule has 0 aromatic heterocycles. The van der Waals surface area contributed by atoms with Crippen molar-refractivity contribution in [3.05, 3.63) is 36.9 Å². The van der Waals surface area contributed by atoms with Crippen LogP contribution in [0.1, 0.15) is 25.7 Å². The number of hydrogen-bond acceptors (Lipinski definition) is 4. The summed E-state index contributed by atoms with van der Waals surface area (Å²) in [5, 5.41) is 3.00. The molecule has 1 N–H and O–H groups in total. The number of nitrogens with one attached hydrogen (secondary N) is 1. The Balaban J connectivity index is 1.58. The Kier molecular flexibility index (Phi) is 7.54. The van der Waals surface area contributed by atoms with Gasteiger partial charge in [0.25, 0.3) is 0 Å². The Bertz CT molecular complexity index is 616. The van der Waals surface area contributed by atoms with Gasteiger partial charge in [0.1, 0.15) is 12.4 Å². The van der Waals surface area contributed by atoms with Crippen LogP contribution < -0.4 is 10.1 Å². The predicted molar refractivity (Wildman–Crippen MR) is 107 cm³/mol. The molecule has 1 aromatic carbocycles. The average molecular weight is 373 g/mol. The molecule has 2 fully saturated rings. The standard InChI is InChI=1S/C21H31N3O3/c1-2-14-27-20-10-5-4-9-19(20)22-21(25)24-13-8-15-26-18(17-24)16-23-11-6-3-7-12-23/h2,4-5,9-10,18H,1,3,6-8,11-17H2,(H,22,25). The predicted octanol–water partition coefficient (Wildman–Crippen LogP) is 3.36. The van der Waals surface area contributed by atoms with Gasteiger partial charge in [-0.15, -0.1) is 0 Å². The van der Waals surface area contributed by atoms with Crippen LogP contribution in [0.3, 0.4) is 0 Å². The fourth-order valence-corrected chi connectivity index (χ4v) is 3.66. The van der Waals surface area contributed by atoms with Gasteiger partial charge in [-0.1, -0.05) is 31.2 Å². The molecular weight excluding hydrogens is 342 g/mol. The van der Waals surface area contributed by atoms with E-state index in [1.807, 2.05) is 29.2 Å². The van der Waals surface area contributed by atoms with Crippen LogP contribution in [0.5, 0.6) is 5.75 Å². The summed E-state index contributed by atoms with van der Waals surface area (Å²) in [6, 6.07) is 7.39. The van der Waals surface area contributed by atoms with E-state index in [1.165, 1.54) is 19.3 Å². The molecule has 0 aliphatic carbocycles. The van der Waals surface area contributed by atoms with E-state index < -0.39 is 0 Å². The van der Waals surface area contributed by atoms with Gasteiger partial charge >= 0.3 is 6.03 Å². The van der Waals surface area contributed by atoms with Crippen molar-refractivity contribution in [2.75, 3.05) is 51.3 Å². The van der Waals surface area contributed by atoms with Gasteiger partial charge in [-0.25, -0.2) is 4.79 Å². The number of likely N-dealkylation sites (tertiary alicyclic amines) is 1. The summed E-state index contributed by atoms with van der Waals surface area (Å²) in [5.74, 6) is 0.654. The molecule has 1 atom stereocenters. The number of para-hydroxylation sites is 2. The summed E-state index contributed by atoms with van der Waals surface area (Å²) >= 11 is 0. The van der Waals surface area contributed by atoms with Crippen LogP contribution in [-0.4, -0.2) is 67.9 Å². The normalized spacial score (nSPS) is 21.3. The number of hydrogen-bond donors (Lipinski definition) is 1. The van der Waals surface area contributed by atoms with Crippen molar-refractivity contribution in [1.82, 2.24) is 9.80 Å². The monoisotopic (exact) mass is 373 g/mol. The van der Waals surface area contributed by atoms with Crippen molar-refractivity contribution in [2.24, 2.45) is 0 Å². The van der Waals surface area contributed by atoms with Crippen LogP contribution in [0, 0.1) is 0 Å². The zero-order valence-corrected chi connectivity index (χ0v) is 16.1. The number of amides is 2. The van der Waals surface area contributed by atoms with Crippen LogP contribution in [0.25, 0.3) is 0 Å². The smallest absolute Gasteiger partial charge is 0.322 e. The lowest BCUT2D eigenvalue weighted by Gasteiger charge is -2.31. The number of benzene rings is 1. The third-order valence-corrected chi connectivity index (χ3v) is 5.03. The maximum Gasteiger partial charge on any atom is 0.322 e. The largest absolute Gasteiger partial charge is 0.487 e. The molecule has 0 bridgehead atoms. The highest BCUT2D eigenvalue weighted by Gasteiger charge is 2.25. The highest BCUT2D eigenvalue weighted by Crippen LogP contribution is 2.24. The molecular formula is C21H31N3O3. The maximum atomic E-state index is 12.9. The van der Waals surface area contributed by atoms with E-state index >= 15 is 0 Å². The molecule has 1 aromatic rings. The van der Waals surface area contributed by atoms with E-state index in [4.69, 9.17) is 9.47 Å². The molecule has 2 amide bonds. The SMILES string of the molecule is C=CCOc1ccccc1NC(=O)N1CCCOC(CN2CCCCC2)C1. The molecule has 148 valence electrons. The van der Waals surface area contributed by atoms with Crippen LogP contribution in [0.4, 0.5) is 10.5 Å². The summed E-state index contributed by atoms with van der Waals surface area (Å²) in [6.45, 7) is 9.30. The molecule has 6 nitrogen and oxygen atoms in total. The second-order valence-electron chi connectivity index (χ2n) is 7.18. The summed E-state index contributed by atoms with van der Waals surface area (Å²) in [7, 11) is 0. The number of carbonyl (C=O) groups is 1. The minimum Gasteiger partial charge on any atom is -0.487 e. The Morgan fingerprint density at radius 1 is 1.22 bits per heavy atom. The summed E-state index contributed by atoms with van der Waals surface area (Å²) in [6.07, 6.45) is 6.47. The van der Waals surface area contributed by atoms with E-state index in [1.54, 1.807) is 6.08 Å². The minimum atomic E-state index is -0.0983. The maximum absolute atomic E-state index is 12.9. The number of carbonyl (C=O) groups excluding carboxylic acids is 1. The second kappa shape index (κ2) is 10.3. The third kappa shape index (κ3) is 5.97. The summed E-state index contributed by atoms with van der Waals surface area (Å²) in [4.78, 5) is 17.2. The molecule has 2 heterocycles. The first kappa shape index (κ1) is 19.7. The van der Waals surface area contributed by atoms with Crippen LogP contribution in [0.15, 0.2) is 36.9 Å². The van der Waals surface area contributed by atoms with Crippen LogP contribution in [0.2, 0.25) is 0 Å². The topological polar surface area (TPSA) is 54.0 Å². The molecule has 2 aliphatic rings. The first-order chi connectivity index (χ1) is 13.3. The molecule has 3 rings (SSSR count). The Labute approximate surface area is 162 Å². The summed E-state index contributed by atoms with van der Waals surface area (Å²) in [5.41, 5.74) is 0.682. The molecule has 0 saturated carbocycles. The number of urea groups is 1. The zero-order chi connectivity index (χ0) is 18.9. The van der Waals surface area contributed by atoms with E-state index in [-0.39, 0.29) is 12.1 Å². The second-order valence-corrected chi connectivity index (χ2v) is 7.18. The van der Waals surface area contributed by atoms with Crippen molar-refractivity contribution in [3.63, 3.8) is 0 Å². The van der Waals surface area contributed by atoms with Gasteiger partial charge in [0.05, 0.1) is 11.8 Å². The fraction of sp³-hybridized carbons (Fsp3) is 0.571. The molecule has 2 aliphatic heterocycles. The van der Waals surface area contributed by atoms with Gasteiger partial charge in [-0.05, 0) is 44.5 Å². The first-order valence-corrected chi connectivity index (χ1v) is 9.99. The van der Waals surface area contributed by atoms with Gasteiger partial charge in [0.15, 0.2) is 0 Å². The van der Waals surface area contributed by atoms with Crippen LogP contribution >= 0.6 is 0 Å². The fourth-order valence-electron chi connectivity index (χ4n) is 3.66. The Hall–Kier alpha value is -2.05. The Morgan fingerprint density at radius 2 is 2.04 bits per heavy atom. The number of anilines is 1. The quantitative estimate of drug-likeness (QED) is 0.777. The van der Waals surface area contributed by atoms with Gasteiger partial charge in [0, 0.05) is 26.2 Å². The van der Waals surface area contributed by atoms with Gasteiger partial charge in [0.2, 0.25) is 0 Å². The van der Waals surface area contributed by atoms with Gasteiger partial charge in [-0.2, -0.15) is 0 Å². The molecule has 0 radical (unpaired) electrons. The van der Waals surface area contributed by atoms with Crippen molar-refractivity contribution in [3.8, 4) is 5.75 Å². The van der Waals surface area contributed by atoms with Crippen molar-refractivity contribution in [1.29, 1.82) is 0 Å². The molecule has 27 heavy (non-hydrogen) atoms. The minimum absolute atomic E-state index is 0.0728. The zero-order valence-electron chi connectivity index (χ0n) is 16.1. The van der Waals surface area contributed by atoms with Crippen LogP contribution in [-0.2, 0) is 4.74 Å². The van der Waals surface area contributed by atoms with Crippen molar-refractivity contribution >= 4 is 11.7 Å². The first-order valence-electron chi connectivity index (χ1n) is 9.99. The highest BCUT2D eigenvalue weighted by atomic mass is 16.5. The molecule has 2 saturated heterocycles. The molecule has 0 spiro atoms. The summed E-state index contributed by atoms with van der Waals surface area (Å²) < 4.78 is 11.7. The van der Waals surface area contributed by atoms with Crippen molar-refractivity contribution < 1.29 is 14.3 Å². The third-order valence-electron chi connectivity index (χ3n) is 5.03. The number of nitrogens with zero attached hydrogens (tertiary/aromatic N) is 2. The lowest BCUT2D eigenvalue weighted by Crippen LogP contribution is -2.45. The van der Waals surface area contributed by atoms with E-state index in [2.05, 4.69) is 16.8 Å². The molecule has 1 unspecified atom stereocenters. The van der Waals surface area contributed by atoms with Crippen molar-refractivity contribution in [2.45, 2.75) is 31.8 Å². The number of rotatable bonds is 6. The lowest BCUT2D eigenvalue weighted by atomic mass is 10.1. The number of piperidine rings is 1. The van der Waals surface area contributed by atoms with E-state index in [0.717, 1.165) is 26.1 Å². The lowest BCUT2D eigenvalue weighted by molar-refractivity contribution is 0.0261. The Morgan fingerprint density at radius 3 is 2.85 bits per heavy atom. The molecule has 6 heteroatoms. The van der Waals surface area contributed by atoms with Gasteiger partial charge in [-0.3, -0.25) is 0 Å². The highest BCUT2D eigenvalue weighted by molar-refractivity contribution is 5.91. The average Bonchev–Trinajstić information content (AvgIpc) is 2.94. The van der Waals surface area contributed by atoms with Gasteiger partial charge < -0.3 is 24.6 Å². The number of ether oxygens (including phenoxy) is 2.